The van der Waals surface area contributed by atoms with Crippen molar-refractivity contribution in [2.45, 2.75) is 26.2 Å². The summed E-state index contributed by atoms with van der Waals surface area (Å²) < 4.78 is 1.32. The van der Waals surface area contributed by atoms with E-state index < -0.39 is 0 Å². The van der Waals surface area contributed by atoms with Gasteiger partial charge in [0, 0.05) is 21.3 Å². The Morgan fingerprint density at radius 1 is 0.724 bits per heavy atom. The van der Waals surface area contributed by atoms with E-state index in [0.717, 1.165) is 5.69 Å². The van der Waals surface area contributed by atoms with Crippen molar-refractivity contribution in [3.05, 3.63) is 90.6 Å². The highest BCUT2D eigenvalue weighted by Crippen LogP contribution is 2.37. The summed E-state index contributed by atoms with van der Waals surface area (Å²) in [7, 11) is 0. The molecule has 142 valence electrons. The molecule has 0 unspecified atom stereocenters. The molecular formula is C27H23NS. The Morgan fingerprint density at radius 2 is 1.48 bits per heavy atom. The van der Waals surface area contributed by atoms with Crippen LogP contribution in [0.15, 0.2) is 85.1 Å². The molecule has 0 aliphatic carbocycles. The molecule has 0 atom stereocenters. The second-order valence-corrected chi connectivity index (χ2v) is 9.66. The minimum atomic E-state index is 0.0682. The summed E-state index contributed by atoms with van der Waals surface area (Å²) >= 11 is 1.84. The summed E-state index contributed by atoms with van der Waals surface area (Å²) in [5, 5.41) is 3.89. The normalized spacial score (nSPS) is 12.0. The fraction of sp³-hybridized carbons (Fsp3) is 0.148. The van der Waals surface area contributed by atoms with Crippen molar-refractivity contribution in [2.24, 2.45) is 0 Å². The molecule has 0 aliphatic rings. The molecule has 1 nitrogen and oxygen atoms in total. The van der Waals surface area contributed by atoms with Gasteiger partial charge < -0.3 is 0 Å². The first-order valence-electron chi connectivity index (χ1n) is 9.98. The van der Waals surface area contributed by atoms with Crippen molar-refractivity contribution in [1.29, 1.82) is 0 Å². The van der Waals surface area contributed by atoms with E-state index in [1.807, 2.05) is 17.5 Å². The summed E-state index contributed by atoms with van der Waals surface area (Å²) in [5.74, 6) is 0. The number of benzene rings is 3. The Balaban J connectivity index is 1.67. The minimum absolute atomic E-state index is 0.0682. The fourth-order valence-electron chi connectivity index (χ4n) is 3.94. The molecule has 0 bridgehead atoms. The molecule has 2 heterocycles. The molecule has 0 N–H and O–H groups in total. The summed E-state index contributed by atoms with van der Waals surface area (Å²) in [4.78, 5) is 6.01. The van der Waals surface area contributed by atoms with Crippen LogP contribution in [-0.4, -0.2) is 4.98 Å². The molecule has 5 rings (SSSR count). The van der Waals surface area contributed by atoms with Crippen LogP contribution in [0.4, 0.5) is 0 Å². The van der Waals surface area contributed by atoms with Crippen molar-refractivity contribution in [2.75, 3.05) is 0 Å². The average Bonchev–Trinajstić information content (AvgIpc) is 3.17. The lowest BCUT2D eigenvalue weighted by atomic mass is 9.82. The fourth-order valence-corrected chi connectivity index (χ4v) is 5.00. The maximum absolute atomic E-state index is 4.72. The number of aromatic nitrogens is 1. The summed E-state index contributed by atoms with van der Waals surface area (Å²) in [6, 6.07) is 28.4. The van der Waals surface area contributed by atoms with Gasteiger partial charge in [-0.2, -0.15) is 0 Å². The van der Waals surface area contributed by atoms with Crippen LogP contribution >= 0.6 is 11.3 Å². The number of nitrogens with zero attached hydrogens (tertiary/aromatic N) is 1. The van der Waals surface area contributed by atoms with E-state index >= 15 is 0 Å². The number of pyridine rings is 1. The minimum Gasteiger partial charge on any atom is -0.256 e. The molecular weight excluding hydrogens is 370 g/mol. The molecule has 0 saturated heterocycles. The summed E-state index contributed by atoms with van der Waals surface area (Å²) in [6.07, 6.45) is 1.93. The van der Waals surface area contributed by atoms with Crippen LogP contribution in [0.1, 0.15) is 26.3 Å². The lowest BCUT2D eigenvalue weighted by Gasteiger charge is -2.22. The van der Waals surface area contributed by atoms with E-state index in [4.69, 9.17) is 4.98 Å². The molecule has 0 aliphatic heterocycles. The Labute approximate surface area is 175 Å². The van der Waals surface area contributed by atoms with Gasteiger partial charge in [0.05, 0.1) is 5.69 Å². The van der Waals surface area contributed by atoms with Crippen LogP contribution in [-0.2, 0) is 5.41 Å². The van der Waals surface area contributed by atoms with Crippen molar-refractivity contribution in [3.8, 4) is 21.7 Å². The topological polar surface area (TPSA) is 12.9 Å². The molecule has 0 saturated carbocycles. The zero-order valence-corrected chi connectivity index (χ0v) is 17.8. The predicted molar refractivity (Wildman–Crippen MR) is 127 cm³/mol. The number of fused-ring (bicyclic) bond motifs is 2. The monoisotopic (exact) mass is 393 g/mol. The quantitative estimate of drug-likeness (QED) is 0.295. The third-order valence-corrected chi connectivity index (χ3v) is 6.60. The third-order valence-electron chi connectivity index (χ3n) is 5.44. The first-order valence-corrected chi connectivity index (χ1v) is 10.8. The van der Waals surface area contributed by atoms with Crippen LogP contribution in [0.5, 0.6) is 0 Å². The molecule has 5 aromatic rings. The molecule has 2 heteroatoms. The second-order valence-electron chi connectivity index (χ2n) is 8.57. The Kier molecular flexibility index (Phi) is 4.25. The third kappa shape index (κ3) is 3.34. The van der Waals surface area contributed by atoms with Gasteiger partial charge in [-0.1, -0.05) is 63.2 Å². The van der Waals surface area contributed by atoms with Gasteiger partial charge in [-0.3, -0.25) is 4.98 Å². The van der Waals surface area contributed by atoms with E-state index in [-0.39, 0.29) is 5.41 Å². The first kappa shape index (κ1) is 18.1. The maximum Gasteiger partial charge on any atom is 0.0708 e. The Morgan fingerprint density at radius 3 is 2.28 bits per heavy atom. The highest BCUT2D eigenvalue weighted by atomic mass is 32.1. The SMILES string of the molecule is CC(C)(C)c1cc(-c2cc(-c3cc4ccccc4s3)ccn2)cc2ccccc12. The van der Waals surface area contributed by atoms with Crippen LogP contribution in [0.3, 0.4) is 0 Å². The highest BCUT2D eigenvalue weighted by Gasteiger charge is 2.18. The van der Waals surface area contributed by atoms with Crippen LogP contribution in [0.2, 0.25) is 0 Å². The maximum atomic E-state index is 4.72. The van der Waals surface area contributed by atoms with Gasteiger partial charge >= 0.3 is 0 Å². The van der Waals surface area contributed by atoms with Gasteiger partial charge in [-0.05, 0) is 69.1 Å². The van der Waals surface area contributed by atoms with Crippen LogP contribution < -0.4 is 0 Å². The summed E-state index contributed by atoms with van der Waals surface area (Å²) in [5.41, 5.74) is 4.85. The number of rotatable bonds is 2. The van der Waals surface area contributed by atoms with Gasteiger partial charge in [0.1, 0.15) is 0 Å². The molecule has 2 aromatic heterocycles. The van der Waals surface area contributed by atoms with Crippen molar-refractivity contribution >= 4 is 32.2 Å². The van der Waals surface area contributed by atoms with Crippen molar-refractivity contribution < 1.29 is 0 Å². The van der Waals surface area contributed by atoms with Gasteiger partial charge in [0.15, 0.2) is 0 Å². The standard InChI is InChI=1S/C27H23NS/c1-27(2,3)23-15-21(14-18-8-4-6-10-22(18)23)24-16-20(12-13-28-24)26-17-19-9-5-7-11-25(19)29-26/h4-17H,1-3H3. The van der Waals surface area contributed by atoms with Crippen LogP contribution in [0, 0.1) is 0 Å². The van der Waals surface area contributed by atoms with Gasteiger partial charge in [-0.15, -0.1) is 11.3 Å². The number of hydrogen-bond donors (Lipinski definition) is 0. The van der Waals surface area contributed by atoms with Crippen molar-refractivity contribution in [1.82, 2.24) is 4.98 Å². The van der Waals surface area contributed by atoms with Gasteiger partial charge in [-0.25, -0.2) is 0 Å². The Hall–Kier alpha value is -2.97. The van der Waals surface area contributed by atoms with Gasteiger partial charge in [0.2, 0.25) is 0 Å². The largest absolute Gasteiger partial charge is 0.256 e. The lowest BCUT2D eigenvalue weighted by molar-refractivity contribution is 0.596. The molecule has 29 heavy (non-hydrogen) atoms. The zero-order valence-electron chi connectivity index (χ0n) is 16.9. The molecule has 0 amide bonds. The molecule has 0 fully saturated rings. The second kappa shape index (κ2) is 6.82. The number of thiophene rings is 1. The molecule has 3 aromatic carbocycles. The number of hydrogen-bond acceptors (Lipinski definition) is 2. The van der Waals surface area contributed by atoms with E-state index in [9.17, 15) is 0 Å². The summed E-state index contributed by atoms with van der Waals surface area (Å²) in [6.45, 7) is 6.83. The van der Waals surface area contributed by atoms with E-state index in [1.165, 1.54) is 42.4 Å². The predicted octanol–water partition coefficient (Wildman–Crippen LogP) is 8.08. The van der Waals surface area contributed by atoms with E-state index in [1.54, 1.807) is 0 Å². The first-order chi connectivity index (χ1) is 14.0. The lowest BCUT2D eigenvalue weighted by Crippen LogP contribution is -2.12. The van der Waals surface area contributed by atoms with E-state index in [2.05, 4.69) is 99.6 Å². The average molecular weight is 394 g/mol. The molecule has 0 spiro atoms. The highest BCUT2D eigenvalue weighted by molar-refractivity contribution is 7.22. The van der Waals surface area contributed by atoms with E-state index in [0.29, 0.717) is 0 Å². The van der Waals surface area contributed by atoms with Gasteiger partial charge in [0.25, 0.3) is 0 Å². The molecule has 0 radical (unpaired) electrons. The van der Waals surface area contributed by atoms with Crippen LogP contribution in [0.25, 0.3) is 42.6 Å². The smallest absolute Gasteiger partial charge is 0.0708 e. The van der Waals surface area contributed by atoms with Crippen molar-refractivity contribution in [3.63, 3.8) is 0 Å². The Bertz CT molecular complexity index is 1300. The zero-order chi connectivity index (χ0) is 20.0.